The van der Waals surface area contributed by atoms with E-state index in [0.29, 0.717) is 36.9 Å². The first-order valence-electron chi connectivity index (χ1n) is 6.50. The third-order valence-corrected chi connectivity index (χ3v) is 3.80. The van der Waals surface area contributed by atoms with Gasteiger partial charge in [0.1, 0.15) is 17.6 Å². The molecular formula is C13H14N4O3S. The van der Waals surface area contributed by atoms with Crippen molar-refractivity contribution in [3.05, 3.63) is 44.5 Å². The van der Waals surface area contributed by atoms with Crippen molar-refractivity contribution in [1.29, 1.82) is 0 Å². The Kier molecular flexibility index (Phi) is 3.80. The number of carbonyl (C=O) groups excluding carboxylic acids is 1. The summed E-state index contributed by atoms with van der Waals surface area (Å²) >= 11 is 1.39. The number of carbonyl (C=O) groups is 1. The standard InChI is InChI=1S/C13H14N4O3S/c1-8-15-9(4-12(18)16-8)11-5-17(2-3-20-11)13(19)10-6-21-7-14-10/h4,6-7,11H,2-3,5H2,1H3,(H,15,16,18)/t11-/m1/s1. The smallest absolute Gasteiger partial charge is 0.273 e. The number of hydrogen-bond acceptors (Lipinski definition) is 6. The van der Waals surface area contributed by atoms with E-state index in [-0.39, 0.29) is 17.6 Å². The van der Waals surface area contributed by atoms with Crippen LogP contribution >= 0.6 is 11.3 Å². The summed E-state index contributed by atoms with van der Waals surface area (Å²) in [7, 11) is 0. The van der Waals surface area contributed by atoms with Crippen molar-refractivity contribution in [2.75, 3.05) is 19.7 Å². The summed E-state index contributed by atoms with van der Waals surface area (Å²) in [5, 5.41) is 1.72. The molecule has 1 aliphatic heterocycles. The van der Waals surface area contributed by atoms with Crippen LogP contribution in [0.2, 0.25) is 0 Å². The summed E-state index contributed by atoms with van der Waals surface area (Å²) in [5.74, 6) is 0.412. The van der Waals surface area contributed by atoms with E-state index in [1.165, 1.54) is 17.4 Å². The van der Waals surface area contributed by atoms with Crippen LogP contribution in [0.4, 0.5) is 0 Å². The molecule has 1 atom stereocenters. The maximum absolute atomic E-state index is 12.3. The van der Waals surface area contributed by atoms with Gasteiger partial charge in [0.25, 0.3) is 11.5 Å². The van der Waals surface area contributed by atoms with E-state index in [4.69, 9.17) is 4.74 Å². The molecule has 0 saturated carbocycles. The first kappa shape index (κ1) is 13.9. The molecule has 1 amide bonds. The monoisotopic (exact) mass is 306 g/mol. The van der Waals surface area contributed by atoms with Gasteiger partial charge in [0.2, 0.25) is 0 Å². The second kappa shape index (κ2) is 5.74. The van der Waals surface area contributed by atoms with Gasteiger partial charge in [0, 0.05) is 18.0 Å². The number of morpholine rings is 1. The number of aromatic nitrogens is 3. The van der Waals surface area contributed by atoms with Crippen molar-refractivity contribution in [2.45, 2.75) is 13.0 Å². The van der Waals surface area contributed by atoms with E-state index in [0.717, 1.165) is 0 Å². The van der Waals surface area contributed by atoms with Crippen molar-refractivity contribution < 1.29 is 9.53 Å². The molecule has 3 rings (SSSR count). The minimum Gasteiger partial charge on any atom is -0.368 e. The van der Waals surface area contributed by atoms with Crippen molar-refractivity contribution in [3.63, 3.8) is 0 Å². The number of amides is 1. The third kappa shape index (κ3) is 3.01. The number of ether oxygens (including phenoxy) is 1. The Balaban J connectivity index is 1.79. The second-order valence-corrected chi connectivity index (χ2v) is 5.46. The molecule has 3 heterocycles. The summed E-state index contributed by atoms with van der Waals surface area (Å²) < 4.78 is 5.64. The lowest BCUT2D eigenvalue weighted by Gasteiger charge is -2.32. The van der Waals surface area contributed by atoms with Crippen LogP contribution in [0.5, 0.6) is 0 Å². The Morgan fingerprint density at radius 2 is 2.43 bits per heavy atom. The quantitative estimate of drug-likeness (QED) is 0.884. The predicted octanol–water partition coefficient (Wildman–Crippen LogP) is 0.749. The number of aryl methyl sites for hydroxylation is 1. The molecule has 0 spiro atoms. The Morgan fingerprint density at radius 1 is 1.57 bits per heavy atom. The summed E-state index contributed by atoms with van der Waals surface area (Å²) in [4.78, 5) is 36.4. The van der Waals surface area contributed by atoms with E-state index in [1.807, 2.05) is 0 Å². The Morgan fingerprint density at radius 3 is 3.14 bits per heavy atom. The highest BCUT2D eigenvalue weighted by molar-refractivity contribution is 7.07. The summed E-state index contributed by atoms with van der Waals surface area (Å²) in [5.41, 5.74) is 2.40. The predicted molar refractivity (Wildman–Crippen MR) is 76.3 cm³/mol. The molecule has 0 unspecified atom stereocenters. The highest BCUT2D eigenvalue weighted by Crippen LogP contribution is 2.21. The number of nitrogens with one attached hydrogen (secondary N) is 1. The molecule has 2 aromatic rings. The Hall–Kier alpha value is -2.06. The highest BCUT2D eigenvalue weighted by atomic mass is 32.1. The SMILES string of the molecule is Cc1nc([C@H]2CN(C(=O)c3cscn3)CCO2)cc(=O)[nH]1. The van der Waals surface area contributed by atoms with Crippen LogP contribution in [-0.4, -0.2) is 45.5 Å². The van der Waals surface area contributed by atoms with Gasteiger partial charge >= 0.3 is 0 Å². The molecule has 1 aliphatic rings. The van der Waals surface area contributed by atoms with Crippen LogP contribution in [0, 0.1) is 6.92 Å². The molecule has 1 saturated heterocycles. The minimum absolute atomic E-state index is 0.119. The lowest BCUT2D eigenvalue weighted by Crippen LogP contribution is -2.42. The van der Waals surface area contributed by atoms with E-state index < -0.39 is 0 Å². The topological polar surface area (TPSA) is 88.2 Å². The maximum atomic E-state index is 12.3. The second-order valence-electron chi connectivity index (χ2n) is 4.74. The van der Waals surface area contributed by atoms with Gasteiger partial charge in [-0.1, -0.05) is 0 Å². The van der Waals surface area contributed by atoms with E-state index in [1.54, 1.807) is 22.7 Å². The zero-order valence-electron chi connectivity index (χ0n) is 11.4. The zero-order valence-corrected chi connectivity index (χ0v) is 12.2. The third-order valence-electron chi connectivity index (χ3n) is 3.21. The number of aromatic amines is 1. The molecule has 0 radical (unpaired) electrons. The zero-order chi connectivity index (χ0) is 14.8. The molecule has 0 aliphatic carbocycles. The average Bonchev–Trinajstić information content (AvgIpc) is 3.00. The molecule has 110 valence electrons. The summed E-state index contributed by atoms with van der Waals surface area (Å²) in [6.45, 7) is 3.00. The maximum Gasteiger partial charge on any atom is 0.273 e. The fourth-order valence-electron chi connectivity index (χ4n) is 2.26. The molecule has 0 bridgehead atoms. The lowest BCUT2D eigenvalue weighted by atomic mass is 10.2. The van der Waals surface area contributed by atoms with Crippen LogP contribution < -0.4 is 5.56 Å². The number of hydrogen-bond donors (Lipinski definition) is 1. The summed E-state index contributed by atoms with van der Waals surface area (Å²) in [6, 6.07) is 1.41. The van der Waals surface area contributed by atoms with Crippen LogP contribution in [0.25, 0.3) is 0 Å². The normalized spacial score (nSPS) is 18.7. The fourth-order valence-corrected chi connectivity index (χ4v) is 2.79. The Labute approximate surface area is 124 Å². The number of rotatable bonds is 2. The van der Waals surface area contributed by atoms with Gasteiger partial charge in [-0.05, 0) is 6.92 Å². The van der Waals surface area contributed by atoms with Crippen LogP contribution in [0.15, 0.2) is 21.8 Å². The first-order valence-corrected chi connectivity index (χ1v) is 7.44. The molecule has 1 N–H and O–H groups in total. The van der Waals surface area contributed by atoms with Gasteiger partial charge in [-0.15, -0.1) is 11.3 Å². The van der Waals surface area contributed by atoms with Gasteiger partial charge in [0.05, 0.1) is 24.4 Å². The minimum atomic E-state index is -0.387. The van der Waals surface area contributed by atoms with Crippen LogP contribution in [-0.2, 0) is 4.74 Å². The molecular weight excluding hydrogens is 292 g/mol. The van der Waals surface area contributed by atoms with Crippen molar-refractivity contribution in [2.24, 2.45) is 0 Å². The lowest BCUT2D eigenvalue weighted by molar-refractivity contribution is -0.0250. The molecule has 0 aromatic carbocycles. The number of H-pyrrole nitrogens is 1. The fraction of sp³-hybridized carbons (Fsp3) is 0.385. The molecule has 1 fully saturated rings. The van der Waals surface area contributed by atoms with Crippen LogP contribution in [0.1, 0.15) is 28.1 Å². The number of thiazole rings is 1. The van der Waals surface area contributed by atoms with Gasteiger partial charge in [-0.3, -0.25) is 9.59 Å². The molecule has 8 heteroatoms. The molecule has 21 heavy (non-hydrogen) atoms. The van der Waals surface area contributed by atoms with Crippen LogP contribution in [0.3, 0.4) is 0 Å². The van der Waals surface area contributed by atoms with Gasteiger partial charge < -0.3 is 14.6 Å². The first-order chi connectivity index (χ1) is 10.1. The number of nitrogens with zero attached hydrogens (tertiary/aromatic N) is 3. The van der Waals surface area contributed by atoms with Crippen molar-refractivity contribution in [1.82, 2.24) is 19.9 Å². The molecule has 7 nitrogen and oxygen atoms in total. The molecule has 2 aromatic heterocycles. The van der Waals surface area contributed by atoms with Crippen molar-refractivity contribution >= 4 is 17.2 Å². The van der Waals surface area contributed by atoms with Crippen molar-refractivity contribution in [3.8, 4) is 0 Å². The van der Waals surface area contributed by atoms with Gasteiger partial charge in [-0.25, -0.2) is 9.97 Å². The van der Waals surface area contributed by atoms with E-state index in [9.17, 15) is 9.59 Å². The largest absolute Gasteiger partial charge is 0.368 e. The van der Waals surface area contributed by atoms with Gasteiger partial charge in [0.15, 0.2) is 0 Å². The highest BCUT2D eigenvalue weighted by Gasteiger charge is 2.28. The van der Waals surface area contributed by atoms with E-state index >= 15 is 0 Å². The average molecular weight is 306 g/mol. The van der Waals surface area contributed by atoms with Gasteiger partial charge in [-0.2, -0.15) is 0 Å². The summed E-state index contributed by atoms with van der Waals surface area (Å²) in [6.07, 6.45) is -0.387. The Bertz CT molecular complexity index is 698. The van der Waals surface area contributed by atoms with E-state index in [2.05, 4.69) is 15.0 Å².